The van der Waals surface area contributed by atoms with Crippen molar-refractivity contribution in [3.63, 3.8) is 0 Å². The Balaban J connectivity index is 1.87. The van der Waals surface area contributed by atoms with Gasteiger partial charge in [0.05, 0.1) is 37.1 Å². The van der Waals surface area contributed by atoms with E-state index in [-0.39, 0.29) is 18.6 Å². The van der Waals surface area contributed by atoms with Crippen molar-refractivity contribution < 1.29 is 14.6 Å². The van der Waals surface area contributed by atoms with Crippen LogP contribution < -0.4 is 10.7 Å². The minimum absolute atomic E-state index is 0.109. The normalized spacial score (nSPS) is 20.0. The molecule has 2 aliphatic rings. The van der Waals surface area contributed by atoms with E-state index in [1.54, 1.807) is 17.6 Å². The summed E-state index contributed by atoms with van der Waals surface area (Å²) in [6.07, 6.45) is 0.139. The fraction of sp³-hybridized carbons (Fsp3) is 0.348. The van der Waals surface area contributed by atoms with Crippen LogP contribution in [0.2, 0.25) is 19.6 Å². The van der Waals surface area contributed by atoms with Crippen LogP contribution in [0.5, 0.6) is 0 Å². The molecule has 154 valence electrons. The summed E-state index contributed by atoms with van der Waals surface area (Å²) < 4.78 is 6.88. The van der Waals surface area contributed by atoms with Crippen molar-refractivity contribution in [2.75, 3.05) is 0 Å². The van der Waals surface area contributed by atoms with Gasteiger partial charge < -0.3 is 14.4 Å². The maximum Gasteiger partial charge on any atom is 0.343 e. The molecule has 0 aliphatic carbocycles. The Bertz CT molecular complexity index is 1310. The van der Waals surface area contributed by atoms with Crippen LogP contribution in [0.4, 0.5) is 0 Å². The SMILES string of the molecule is CC[C@]1(O)C(=O)OCc2c1cc1n(c2=O)Cc2c-1nc1ccccc1c2[Si](C)(C)C. The van der Waals surface area contributed by atoms with Gasteiger partial charge in [0.1, 0.15) is 6.61 Å². The van der Waals surface area contributed by atoms with E-state index in [4.69, 9.17) is 9.72 Å². The van der Waals surface area contributed by atoms with Gasteiger partial charge in [0, 0.05) is 5.56 Å². The number of benzene rings is 1. The molecule has 0 fully saturated rings. The zero-order valence-corrected chi connectivity index (χ0v) is 18.6. The number of hydrogen-bond donors (Lipinski definition) is 1. The Kier molecular flexibility index (Phi) is 3.92. The fourth-order valence-electron chi connectivity index (χ4n) is 4.88. The van der Waals surface area contributed by atoms with E-state index in [9.17, 15) is 14.7 Å². The number of cyclic esters (lactones) is 1. The molecule has 1 aromatic carbocycles. The number of carbonyl (C=O) groups excluding carboxylic acids is 1. The predicted molar refractivity (Wildman–Crippen MR) is 118 cm³/mol. The molecular formula is C23H24N2O4Si. The number of rotatable bonds is 2. The van der Waals surface area contributed by atoms with Gasteiger partial charge in [0.15, 0.2) is 5.60 Å². The Morgan fingerprint density at radius 3 is 2.63 bits per heavy atom. The number of ether oxygens (including phenoxy) is 1. The Morgan fingerprint density at radius 1 is 1.20 bits per heavy atom. The summed E-state index contributed by atoms with van der Waals surface area (Å²) in [6, 6.07) is 9.88. The van der Waals surface area contributed by atoms with Crippen LogP contribution in [-0.4, -0.2) is 28.7 Å². The first-order valence-electron chi connectivity index (χ1n) is 10.3. The summed E-state index contributed by atoms with van der Waals surface area (Å²) in [5.41, 5.74) is 2.12. The minimum atomic E-state index is -1.80. The van der Waals surface area contributed by atoms with E-state index in [1.807, 2.05) is 18.2 Å². The first kappa shape index (κ1) is 19.2. The second-order valence-electron chi connectivity index (χ2n) is 9.18. The number of esters is 1. The Labute approximate surface area is 175 Å². The third kappa shape index (κ3) is 2.42. The maximum absolute atomic E-state index is 13.4. The van der Waals surface area contributed by atoms with Gasteiger partial charge in [-0.15, -0.1) is 0 Å². The van der Waals surface area contributed by atoms with E-state index in [0.29, 0.717) is 23.4 Å². The molecule has 0 bridgehead atoms. The zero-order valence-electron chi connectivity index (χ0n) is 17.6. The van der Waals surface area contributed by atoms with Crippen LogP contribution >= 0.6 is 0 Å². The molecule has 0 amide bonds. The van der Waals surface area contributed by atoms with Gasteiger partial charge >= 0.3 is 5.97 Å². The average Bonchev–Trinajstić information content (AvgIpc) is 3.06. The van der Waals surface area contributed by atoms with E-state index in [1.165, 1.54) is 5.19 Å². The largest absolute Gasteiger partial charge is 0.458 e. The van der Waals surface area contributed by atoms with E-state index < -0.39 is 19.6 Å². The summed E-state index contributed by atoms with van der Waals surface area (Å²) in [4.78, 5) is 30.6. The molecule has 0 unspecified atom stereocenters. The van der Waals surface area contributed by atoms with E-state index in [2.05, 4.69) is 25.7 Å². The number of hydrogen-bond acceptors (Lipinski definition) is 5. The van der Waals surface area contributed by atoms with Crippen molar-refractivity contribution in [2.24, 2.45) is 0 Å². The lowest BCUT2D eigenvalue weighted by atomic mass is 9.86. The molecule has 1 N–H and O–H groups in total. The lowest BCUT2D eigenvalue weighted by Gasteiger charge is -2.31. The van der Waals surface area contributed by atoms with Crippen molar-refractivity contribution in [1.29, 1.82) is 0 Å². The molecule has 4 heterocycles. The highest BCUT2D eigenvalue weighted by atomic mass is 28.3. The summed E-state index contributed by atoms with van der Waals surface area (Å²) in [5, 5.41) is 13.5. The Hall–Kier alpha value is -2.77. The van der Waals surface area contributed by atoms with Gasteiger partial charge in [-0.25, -0.2) is 9.78 Å². The third-order valence-corrected chi connectivity index (χ3v) is 8.42. The van der Waals surface area contributed by atoms with Gasteiger partial charge in [-0.05, 0) is 34.7 Å². The molecule has 2 aliphatic heterocycles. The predicted octanol–water partition coefficient (Wildman–Crippen LogP) is 2.62. The van der Waals surface area contributed by atoms with E-state index in [0.717, 1.165) is 22.2 Å². The van der Waals surface area contributed by atoms with Crippen LogP contribution in [0.3, 0.4) is 0 Å². The van der Waals surface area contributed by atoms with Crippen LogP contribution in [0, 0.1) is 0 Å². The molecular weight excluding hydrogens is 396 g/mol. The van der Waals surface area contributed by atoms with Crippen molar-refractivity contribution >= 4 is 30.1 Å². The quantitative estimate of drug-likeness (QED) is 0.398. The van der Waals surface area contributed by atoms with Crippen LogP contribution in [0.25, 0.3) is 22.3 Å². The second-order valence-corrected chi connectivity index (χ2v) is 14.2. The average molecular weight is 421 g/mol. The van der Waals surface area contributed by atoms with Gasteiger partial charge in [-0.1, -0.05) is 44.8 Å². The van der Waals surface area contributed by atoms with Crippen LogP contribution in [-0.2, 0) is 28.3 Å². The number of aliphatic hydroxyl groups is 1. The molecule has 6 nitrogen and oxygen atoms in total. The molecule has 0 spiro atoms. The van der Waals surface area contributed by atoms with Gasteiger partial charge in [-0.3, -0.25) is 4.79 Å². The first-order valence-corrected chi connectivity index (χ1v) is 13.8. The Morgan fingerprint density at radius 2 is 1.93 bits per heavy atom. The molecule has 1 atom stereocenters. The second kappa shape index (κ2) is 6.12. The van der Waals surface area contributed by atoms with Gasteiger partial charge in [0.25, 0.3) is 5.56 Å². The summed E-state index contributed by atoms with van der Waals surface area (Å²) >= 11 is 0. The van der Waals surface area contributed by atoms with Gasteiger partial charge in [0.2, 0.25) is 0 Å². The fourth-order valence-corrected chi connectivity index (χ4v) is 7.01. The van der Waals surface area contributed by atoms with Crippen LogP contribution in [0.15, 0.2) is 35.1 Å². The smallest absolute Gasteiger partial charge is 0.343 e. The molecule has 7 heteroatoms. The number of nitrogens with zero attached hydrogens (tertiary/aromatic N) is 2. The lowest BCUT2D eigenvalue weighted by molar-refractivity contribution is -0.172. The monoisotopic (exact) mass is 420 g/mol. The first-order chi connectivity index (χ1) is 14.2. The number of para-hydroxylation sites is 1. The molecule has 2 aromatic heterocycles. The summed E-state index contributed by atoms with van der Waals surface area (Å²) in [5.74, 6) is -0.700. The molecule has 0 saturated heterocycles. The minimum Gasteiger partial charge on any atom is -0.458 e. The number of aromatic nitrogens is 2. The van der Waals surface area contributed by atoms with Crippen LogP contribution in [0.1, 0.15) is 30.0 Å². The zero-order chi connectivity index (χ0) is 21.4. The molecule has 0 radical (unpaired) electrons. The van der Waals surface area contributed by atoms with Crippen molar-refractivity contribution in [3.8, 4) is 11.4 Å². The van der Waals surface area contributed by atoms with Crippen molar-refractivity contribution in [3.05, 3.63) is 57.4 Å². The summed E-state index contributed by atoms with van der Waals surface area (Å²) in [7, 11) is -1.77. The highest BCUT2D eigenvalue weighted by Crippen LogP contribution is 2.38. The molecule has 30 heavy (non-hydrogen) atoms. The lowest BCUT2D eigenvalue weighted by Crippen LogP contribution is -2.44. The molecule has 3 aromatic rings. The molecule has 5 rings (SSSR count). The van der Waals surface area contributed by atoms with Crippen molar-refractivity contribution in [1.82, 2.24) is 9.55 Å². The van der Waals surface area contributed by atoms with Gasteiger partial charge in [-0.2, -0.15) is 0 Å². The number of carbonyl (C=O) groups is 1. The third-order valence-electron chi connectivity index (χ3n) is 6.34. The van der Waals surface area contributed by atoms with Crippen molar-refractivity contribution in [2.45, 2.75) is 51.7 Å². The number of pyridine rings is 2. The standard InChI is InChI=1S/C23H24N2O4Si/c1-5-23(28)16-10-18-19-14(11-25(18)21(26)15(16)12-29-22(23)27)20(30(2,3)4)13-8-6-7-9-17(13)24-19/h6-10,28H,5,11-12H2,1-4H3/t23-/m1/s1. The number of fused-ring (bicyclic) bond motifs is 5. The molecule has 0 saturated carbocycles. The maximum atomic E-state index is 13.4. The topological polar surface area (TPSA) is 81.4 Å². The van der Waals surface area contributed by atoms with E-state index >= 15 is 0 Å². The summed E-state index contributed by atoms with van der Waals surface area (Å²) in [6.45, 7) is 8.95. The highest BCUT2D eigenvalue weighted by molar-refractivity contribution is 6.90. The highest BCUT2D eigenvalue weighted by Gasteiger charge is 2.45.